The Balaban J connectivity index is 1.76. The summed E-state index contributed by atoms with van der Waals surface area (Å²) in [6, 6.07) is 1.23. The van der Waals surface area contributed by atoms with E-state index in [4.69, 9.17) is 0 Å². The number of carboxylic acids is 1. The smallest absolute Gasteiger partial charge is 0.317 e. The third kappa shape index (κ3) is 6.82. The molecule has 0 aromatic heterocycles. The molecule has 26 heavy (non-hydrogen) atoms. The molecular weight excluding hydrogens is 326 g/mol. The van der Waals surface area contributed by atoms with E-state index in [1.165, 1.54) is 64.7 Å². The number of likely N-dealkylation sites (tertiary alicyclic amines) is 1. The molecule has 0 amide bonds. The molecule has 2 aliphatic rings. The Morgan fingerprint density at radius 2 is 1.85 bits per heavy atom. The number of piperidine rings is 1. The molecule has 1 N–H and O–H groups in total. The van der Waals surface area contributed by atoms with Gasteiger partial charge in [0.2, 0.25) is 0 Å². The Labute approximate surface area is 160 Å². The lowest BCUT2D eigenvalue weighted by atomic mass is 10.0. The first-order chi connectivity index (χ1) is 12.4. The molecule has 1 saturated heterocycles. The molecule has 0 bridgehead atoms. The van der Waals surface area contributed by atoms with Crippen molar-refractivity contribution in [3.8, 4) is 0 Å². The van der Waals surface area contributed by atoms with E-state index in [-0.39, 0.29) is 6.54 Å². The number of hydrogen-bond donors (Lipinski definition) is 1. The monoisotopic (exact) mass is 367 g/mol. The zero-order valence-corrected chi connectivity index (χ0v) is 17.5. The van der Waals surface area contributed by atoms with Crippen LogP contribution in [0.4, 0.5) is 0 Å². The maximum Gasteiger partial charge on any atom is 0.317 e. The van der Waals surface area contributed by atoms with E-state index in [0.717, 1.165) is 18.5 Å². The average molecular weight is 368 g/mol. The van der Waals surface area contributed by atoms with E-state index in [1.807, 2.05) is 0 Å². The van der Waals surface area contributed by atoms with Crippen LogP contribution in [0.15, 0.2) is 0 Å². The van der Waals surface area contributed by atoms with Crippen LogP contribution in [0, 0.1) is 11.8 Å². The van der Waals surface area contributed by atoms with Gasteiger partial charge in [0.15, 0.2) is 0 Å². The molecule has 2 atom stereocenters. The standard InChI is InChI=1S/C21H41N3O2/c1-5-10-22(4)19-8-11-23(12-9-19)15-18-6-7-20(13-18)24(14-17(2)3)16-21(25)26/h17-20H,5-16H2,1-4H3,(H,25,26)/t18-,20?/m1/s1. The van der Waals surface area contributed by atoms with Crippen molar-refractivity contribution >= 4 is 5.97 Å². The minimum atomic E-state index is -0.688. The number of nitrogens with zero attached hydrogens (tertiary/aromatic N) is 3. The summed E-state index contributed by atoms with van der Waals surface area (Å²) >= 11 is 0. The molecule has 2 fully saturated rings. The van der Waals surface area contributed by atoms with Crippen LogP contribution in [0.3, 0.4) is 0 Å². The largest absolute Gasteiger partial charge is 0.480 e. The minimum absolute atomic E-state index is 0.199. The first-order valence-corrected chi connectivity index (χ1v) is 10.8. The zero-order valence-electron chi connectivity index (χ0n) is 17.5. The van der Waals surface area contributed by atoms with Gasteiger partial charge in [-0.3, -0.25) is 9.69 Å². The summed E-state index contributed by atoms with van der Waals surface area (Å²) in [5.41, 5.74) is 0. The molecule has 0 radical (unpaired) electrons. The molecule has 0 aromatic rings. The second-order valence-corrected chi connectivity index (χ2v) is 9.06. The first-order valence-electron chi connectivity index (χ1n) is 10.8. The average Bonchev–Trinajstić information content (AvgIpc) is 3.03. The van der Waals surface area contributed by atoms with Crippen LogP contribution in [0.5, 0.6) is 0 Å². The van der Waals surface area contributed by atoms with Gasteiger partial charge in [-0.1, -0.05) is 20.8 Å². The van der Waals surface area contributed by atoms with Crippen LogP contribution in [0.25, 0.3) is 0 Å². The highest BCUT2D eigenvalue weighted by Gasteiger charge is 2.32. The topological polar surface area (TPSA) is 47.0 Å². The lowest BCUT2D eigenvalue weighted by Crippen LogP contribution is -2.45. The van der Waals surface area contributed by atoms with E-state index in [2.05, 4.69) is 42.5 Å². The van der Waals surface area contributed by atoms with Crippen molar-refractivity contribution in [1.29, 1.82) is 0 Å². The van der Waals surface area contributed by atoms with Crippen LogP contribution in [-0.4, -0.2) is 84.2 Å². The molecule has 0 aromatic carbocycles. The number of rotatable bonds is 10. The van der Waals surface area contributed by atoms with Crippen molar-refractivity contribution in [2.75, 3.05) is 46.3 Å². The molecule has 1 heterocycles. The Morgan fingerprint density at radius 3 is 2.42 bits per heavy atom. The van der Waals surface area contributed by atoms with Gasteiger partial charge in [0.1, 0.15) is 0 Å². The number of hydrogen-bond acceptors (Lipinski definition) is 4. The number of carbonyl (C=O) groups is 1. The Morgan fingerprint density at radius 1 is 1.15 bits per heavy atom. The maximum absolute atomic E-state index is 11.2. The highest BCUT2D eigenvalue weighted by Crippen LogP contribution is 2.31. The molecule has 2 rings (SSSR count). The molecule has 5 heteroatoms. The van der Waals surface area contributed by atoms with Crippen LogP contribution in [0.1, 0.15) is 59.3 Å². The normalized spacial score (nSPS) is 25.7. The Bertz CT molecular complexity index is 421. The lowest BCUT2D eigenvalue weighted by molar-refractivity contribution is -0.139. The molecule has 1 aliphatic heterocycles. The predicted octanol–water partition coefficient (Wildman–Crippen LogP) is 3.00. The summed E-state index contributed by atoms with van der Waals surface area (Å²) in [6.07, 6.45) is 7.43. The van der Waals surface area contributed by atoms with Crippen molar-refractivity contribution < 1.29 is 9.90 Å². The predicted molar refractivity (Wildman–Crippen MR) is 108 cm³/mol. The van der Waals surface area contributed by atoms with Crippen molar-refractivity contribution in [2.24, 2.45) is 11.8 Å². The Hall–Kier alpha value is -0.650. The molecular formula is C21H41N3O2. The van der Waals surface area contributed by atoms with Crippen molar-refractivity contribution in [3.63, 3.8) is 0 Å². The second-order valence-electron chi connectivity index (χ2n) is 9.06. The lowest BCUT2D eigenvalue weighted by Gasteiger charge is -2.37. The third-order valence-electron chi connectivity index (χ3n) is 6.24. The number of aliphatic carboxylic acids is 1. The third-order valence-corrected chi connectivity index (χ3v) is 6.24. The van der Waals surface area contributed by atoms with Gasteiger partial charge >= 0.3 is 5.97 Å². The van der Waals surface area contributed by atoms with E-state index in [0.29, 0.717) is 12.0 Å². The van der Waals surface area contributed by atoms with Gasteiger partial charge in [-0.2, -0.15) is 0 Å². The van der Waals surface area contributed by atoms with Gasteiger partial charge in [-0.25, -0.2) is 0 Å². The fraction of sp³-hybridized carbons (Fsp3) is 0.952. The highest BCUT2D eigenvalue weighted by molar-refractivity contribution is 5.69. The van der Waals surface area contributed by atoms with E-state index < -0.39 is 5.97 Å². The van der Waals surface area contributed by atoms with Crippen molar-refractivity contribution in [1.82, 2.24) is 14.7 Å². The van der Waals surface area contributed by atoms with Gasteiger partial charge in [-0.05, 0) is 77.0 Å². The quantitative estimate of drug-likeness (QED) is 0.643. The van der Waals surface area contributed by atoms with Crippen molar-refractivity contribution in [2.45, 2.75) is 71.4 Å². The van der Waals surface area contributed by atoms with Gasteiger partial charge < -0.3 is 14.9 Å². The van der Waals surface area contributed by atoms with Gasteiger partial charge in [-0.15, -0.1) is 0 Å². The fourth-order valence-corrected chi connectivity index (χ4v) is 4.97. The van der Waals surface area contributed by atoms with Crippen LogP contribution in [0.2, 0.25) is 0 Å². The van der Waals surface area contributed by atoms with Crippen molar-refractivity contribution in [3.05, 3.63) is 0 Å². The molecule has 152 valence electrons. The van der Waals surface area contributed by atoms with Gasteiger partial charge in [0.25, 0.3) is 0 Å². The minimum Gasteiger partial charge on any atom is -0.480 e. The first kappa shape index (κ1) is 21.6. The molecule has 1 aliphatic carbocycles. The van der Waals surface area contributed by atoms with Crippen LogP contribution < -0.4 is 0 Å². The molecule has 1 saturated carbocycles. The highest BCUT2D eigenvalue weighted by atomic mass is 16.4. The molecule has 0 spiro atoms. The fourth-order valence-electron chi connectivity index (χ4n) is 4.97. The van der Waals surface area contributed by atoms with E-state index >= 15 is 0 Å². The summed E-state index contributed by atoms with van der Waals surface area (Å²) in [6.45, 7) is 12.6. The van der Waals surface area contributed by atoms with Crippen LogP contribution in [-0.2, 0) is 4.79 Å². The number of carboxylic acid groups (broad SMARTS) is 1. The summed E-state index contributed by atoms with van der Waals surface area (Å²) < 4.78 is 0. The van der Waals surface area contributed by atoms with Gasteiger partial charge in [0.05, 0.1) is 6.54 Å². The summed E-state index contributed by atoms with van der Waals surface area (Å²) in [4.78, 5) is 18.6. The van der Waals surface area contributed by atoms with Gasteiger partial charge in [0, 0.05) is 25.2 Å². The SMILES string of the molecule is CCCN(C)C1CCN(C[C@@H]2CCC(N(CC(=O)O)CC(C)C)C2)CC1. The van der Waals surface area contributed by atoms with Crippen LogP contribution >= 0.6 is 0 Å². The summed E-state index contributed by atoms with van der Waals surface area (Å²) in [5, 5.41) is 9.24. The van der Waals surface area contributed by atoms with E-state index in [9.17, 15) is 9.90 Å². The summed E-state index contributed by atoms with van der Waals surface area (Å²) in [5.74, 6) is 0.577. The molecule has 5 nitrogen and oxygen atoms in total. The van der Waals surface area contributed by atoms with E-state index in [1.54, 1.807) is 0 Å². The zero-order chi connectivity index (χ0) is 19.1. The molecule has 1 unspecified atom stereocenters. The maximum atomic E-state index is 11.2. The second kappa shape index (κ2) is 10.6. The summed E-state index contributed by atoms with van der Waals surface area (Å²) in [7, 11) is 2.27. The Kier molecular flexibility index (Phi) is 8.85.